The number of aryl methyl sites for hydroxylation is 2. The molecule has 0 aliphatic heterocycles. The SMILES string of the molecule is COCCCNc1ncc2c(=O)c(C(N)=O)cn(-c3ccc4c(c3)CCC4)c2n1. The van der Waals surface area contributed by atoms with Gasteiger partial charge in [-0.15, -0.1) is 0 Å². The number of hydrogen-bond donors (Lipinski definition) is 2. The van der Waals surface area contributed by atoms with Crippen LogP contribution in [0, 0.1) is 0 Å². The van der Waals surface area contributed by atoms with Gasteiger partial charge in [-0.25, -0.2) is 4.98 Å². The number of nitrogens with zero attached hydrogens (tertiary/aromatic N) is 3. The minimum absolute atomic E-state index is 0.0811. The Bertz CT molecular complexity index is 1140. The second-order valence-electron chi connectivity index (χ2n) is 7.12. The number of methoxy groups -OCH3 is 1. The highest BCUT2D eigenvalue weighted by Gasteiger charge is 2.18. The van der Waals surface area contributed by atoms with E-state index in [-0.39, 0.29) is 10.9 Å². The molecule has 0 saturated heterocycles. The fraction of sp³-hybridized carbons (Fsp3) is 0.333. The Morgan fingerprint density at radius 3 is 2.93 bits per heavy atom. The van der Waals surface area contributed by atoms with Crippen LogP contribution in [0.15, 0.2) is 35.4 Å². The minimum Gasteiger partial charge on any atom is -0.385 e. The molecular weight excluding hydrogens is 370 g/mol. The Morgan fingerprint density at radius 1 is 1.31 bits per heavy atom. The largest absolute Gasteiger partial charge is 0.385 e. The summed E-state index contributed by atoms with van der Waals surface area (Å²) in [6, 6.07) is 6.16. The molecule has 2 aromatic heterocycles. The Balaban J connectivity index is 1.84. The van der Waals surface area contributed by atoms with Crippen molar-refractivity contribution in [1.82, 2.24) is 14.5 Å². The molecule has 1 aliphatic rings. The number of anilines is 1. The van der Waals surface area contributed by atoms with Crippen LogP contribution >= 0.6 is 0 Å². The number of carbonyl (C=O) groups is 1. The molecule has 0 unspecified atom stereocenters. The maximum absolute atomic E-state index is 12.7. The molecule has 1 amide bonds. The van der Waals surface area contributed by atoms with Crippen molar-refractivity contribution in [2.45, 2.75) is 25.7 Å². The van der Waals surface area contributed by atoms with E-state index in [0.29, 0.717) is 24.7 Å². The summed E-state index contributed by atoms with van der Waals surface area (Å²) in [5, 5.41) is 3.39. The van der Waals surface area contributed by atoms with E-state index in [0.717, 1.165) is 31.4 Å². The molecule has 0 bridgehead atoms. The number of primary amides is 1. The van der Waals surface area contributed by atoms with Gasteiger partial charge in [-0.1, -0.05) is 6.07 Å². The third kappa shape index (κ3) is 3.71. The van der Waals surface area contributed by atoms with Crippen molar-refractivity contribution in [3.63, 3.8) is 0 Å². The predicted octanol–water partition coefficient (Wildman–Crippen LogP) is 1.82. The maximum Gasteiger partial charge on any atom is 0.254 e. The summed E-state index contributed by atoms with van der Waals surface area (Å²) in [5.74, 6) is -0.358. The molecule has 0 fully saturated rings. The van der Waals surface area contributed by atoms with Crippen molar-refractivity contribution < 1.29 is 9.53 Å². The lowest BCUT2D eigenvalue weighted by atomic mass is 10.1. The van der Waals surface area contributed by atoms with Gasteiger partial charge in [0.15, 0.2) is 5.65 Å². The maximum atomic E-state index is 12.7. The number of amides is 1. The van der Waals surface area contributed by atoms with Crippen LogP contribution < -0.4 is 16.5 Å². The van der Waals surface area contributed by atoms with Crippen LogP contribution in [0.4, 0.5) is 5.95 Å². The van der Waals surface area contributed by atoms with E-state index in [2.05, 4.69) is 27.4 Å². The third-order valence-electron chi connectivity index (χ3n) is 5.18. The molecule has 3 N–H and O–H groups in total. The second-order valence-corrected chi connectivity index (χ2v) is 7.12. The second kappa shape index (κ2) is 8.00. The summed E-state index contributed by atoms with van der Waals surface area (Å²) >= 11 is 0. The number of benzene rings is 1. The van der Waals surface area contributed by atoms with Gasteiger partial charge in [0.05, 0.1) is 5.39 Å². The Morgan fingerprint density at radius 2 is 2.14 bits per heavy atom. The van der Waals surface area contributed by atoms with Crippen LogP contribution in [0.25, 0.3) is 16.7 Å². The summed E-state index contributed by atoms with van der Waals surface area (Å²) in [4.78, 5) is 33.4. The van der Waals surface area contributed by atoms with Gasteiger partial charge in [-0.05, 0) is 48.9 Å². The average molecular weight is 393 g/mol. The smallest absolute Gasteiger partial charge is 0.254 e. The summed E-state index contributed by atoms with van der Waals surface area (Å²) in [6.07, 6.45) is 6.95. The quantitative estimate of drug-likeness (QED) is 0.592. The van der Waals surface area contributed by atoms with Gasteiger partial charge in [0, 0.05) is 38.3 Å². The van der Waals surface area contributed by atoms with Gasteiger partial charge in [0.1, 0.15) is 5.56 Å². The van der Waals surface area contributed by atoms with Gasteiger partial charge in [-0.2, -0.15) is 4.98 Å². The van der Waals surface area contributed by atoms with E-state index in [1.165, 1.54) is 23.5 Å². The van der Waals surface area contributed by atoms with Gasteiger partial charge in [0.2, 0.25) is 11.4 Å². The number of nitrogens with two attached hydrogens (primary N) is 1. The topological polar surface area (TPSA) is 112 Å². The zero-order chi connectivity index (χ0) is 20.4. The summed E-state index contributed by atoms with van der Waals surface area (Å²) in [6.45, 7) is 1.27. The van der Waals surface area contributed by atoms with Crippen molar-refractivity contribution in [3.8, 4) is 5.69 Å². The Kier molecular flexibility index (Phi) is 5.26. The zero-order valence-electron chi connectivity index (χ0n) is 16.3. The van der Waals surface area contributed by atoms with Crippen LogP contribution in [0.2, 0.25) is 0 Å². The van der Waals surface area contributed by atoms with E-state index >= 15 is 0 Å². The molecule has 3 aromatic rings. The number of nitrogens with one attached hydrogen (secondary N) is 1. The number of pyridine rings is 1. The monoisotopic (exact) mass is 393 g/mol. The molecule has 4 rings (SSSR count). The Labute approximate surface area is 167 Å². The molecule has 1 aliphatic carbocycles. The summed E-state index contributed by atoms with van der Waals surface area (Å²) in [7, 11) is 1.65. The molecule has 0 spiro atoms. The molecule has 2 heterocycles. The molecule has 0 radical (unpaired) electrons. The Hall–Kier alpha value is -3.26. The lowest BCUT2D eigenvalue weighted by Gasteiger charge is -2.14. The van der Waals surface area contributed by atoms with Gasteiger partial charge in [0.25, 0.3) is 5.91 Å². The first-order chi connectivity index (χ1) is 14.1. The van der Waals surface area contributed by atoms with Crippen LogP contribution in [0.3, 0.4) is 0 Å². The van der Waals surface area contributed by atoms with Crippen molar-refractivity contribution in [1.29, 1.82) is 0 Å². The van der Waals surface area contributed by atoms with Gasteiger partial charge in [-0.3, -0.25) is 9.59 Å². The number of ether oxygens (including phenoxy) is 1. The van der Waals surface area contributed by atoms with Crippen molar-refractivity contribution in [2.24, 2.45) is 5.73 Å². The van der Waals surface area contributed by atoms with E-state index in [1.54, 1.807) is 11.7 Å². The van der Waals surface area contributed by atoms with Crippen LogP contribution in [0.1, 0.15) is 34.3 Å². The van der Waals surface area contributed by atoms with Crippen molar-refractivity contribution in [2.75, 3.05) is 25.6 Å². The fourth-order valence-electron chi connectivity index (χ4n) is 3.69. The normalized spacial score (nSPS) is 12.9. The minimum atomic E-state index is -0.770. The van der Waals surface area contributed by atoms with Crippen LogP contribution in [-0.4, -0.2) is 40.7 Å². The average Bonchev–Trinajstić information content (AvgIpc) is 3.19. The molecule has 0 saturated carbocycles. The molecule has 8 nitrogen and oxygen atoms in total. The first kappa shape index (κ1) is 19.1. The number of aromatic nitrogens is 3. The van der Waals surface area contributed by atoms with Gasteiger partial charge < -0.3 is 20.4 Å². The number of carbonyl (C=O) groups excluding carboxylic acids is 1. The molecule has 150 valence electrons. The summed E-state index contributed by atoms with van der Waals surface area (Å²) in [5.41, 5.74) is 8.79. The predicted molar refractivity (Wildman–Crippen MR) is 111 cm³/mol. The van der Waals surface area contributed by atoms with E-state index in [9.17, 15) is 9.59 Å². The highest BCUT2D eigenvalue weighted by Crippen LogP contribution is 2.26. The fourth-order valence-corrected chi connectivity index (χ4v) is 3.69. The lowest BCUT2D eigenvalue weighted by Crippen LogP contribution is -2.24. The van der Waals surface area contributed by atoms with E-state index in [4.69, 9.17) is 10.5 Å². The van der Waals surface area contributed by atoms with E-state index in [1.807, 2.05) is 6.07 Å². The first-order valence-corrected chi connectivity index (χ1v) is 9.65. The highest BCUT2D eigenvalue weighted by molar-refractivity contribution is 5.96. The van der Waals surface area contributed by atoms with Gasteiger partial charge >= 0.3 is 0 Å². The number of hydrogen-bond acceptors (Lipinski definition) is 6. The van der Waals surface area contributed by atoms with Crippen molar-refractivity contribution in [3.05, 3.63) is 57.5 Å². The zero-order valence-corrected chi connectivity index (χ0v) is 16.3. The van der Waals surface area contributed by atoms with Crippen molar-refractivity contribution >= 4 is 22.9 Å². The molecule has 29 heavy (non-hydrogen) atoms. The lowest BCUT2D eigenvalue weighted by molar-refractivity contribution is 0.0999. The van der Waals surface area contributed by atoms with Crippen LogP contribution in [-0.2, 0) is 17.6 Å². The molecule has 1 aromatic carbocycles. The standard InChI is InChI=1S/C21H23N5O3/c1-29-9-3-8-23-21-24-11-16-18(27)17(19(22)28)12-26(20(16)25-21)15-7-6-13-4-2-5-14(13)10-15/h6-7,10-12H,2-5,8-9H2,1H3,(H2,22,28)(H,23,24,25). The molecule has 0 atom stereocenters. The highest BCUT2D eigenvalue weighted by atomic mass is 16.5. The number of fused-ring (bicyclic) bond motifs is 2. The number of rotatable bonds is 7. The first-order valence-electron chi connectivity index (χ1n) is 9.65. The van der Waals surface area contributed by atoms with E-state index < -0.39 is 11.3 Å². The third-order valence-corrected chi connectivity index (χ3v) is 5.18. The molecule has 8 heteroatoms. The summed E-state index contributed by atoms with van der Waals surface area (Å²) < 4.78 is 6.79. The van der Waals surface area contributed by atoms with Crippen LogP contribution in [0.5, 0.6) is 0 Å². The molecular formula is C21H23N5O3.